The zero-order valence-corrected chi connectivity index (χ0v) is 9.80. The highest BCUT2D eigenvalue weighted by atomic mass is 16.5. The fraction of sp³-hybridized carbons (Fsp3) is 0.700. The predicted octanol–water partition coefficient (Wildman–Crippen LogP) is -0.0519. The Balaban J connectivity index is 2.09. The first-order valence-electron chi connectivity index (χ1n) is 5.52. The van der Waals surface area contributed by atoms with Gasteiger partial charge in [0.2, 0.25) is 5.89 Å². The molecule has 0 amide bonds. The summed E-state index contributed by atoms with van der Waals surface area (Å²) < 4.78 is 15.2. The zero-order valence-electron chi connectivity index (χ0n) is 9.80. The van der Waals surface area contributed by atoms with Gasteiger partial charge in [0.05, 0.1) is 25.7 Å². The lowest BCUT2D eigenvalue weighted by molar-refractivity contribution is 0.0508. The predicted molar refractivity (Wildman–Crippen MR) is 56.7 cm³/mol. The second-order valence-electron chi connectivity index (χ2n) is 3.72. The minimum Gasteiger partial charge on any atom is -0.460 e. The van der Waals surface area contributed by atoms with E-state index >= 15 is 0 Å². The molecule has 1 aliphatic heterocycles. The van der Waals surface area contributed by atoms with E-state index < -0.39 is 5.97 Å². The van der Waals surface area contributed by atoms with Crippen LogP contribution in [0.1, 0.15) is 29.4 Å². The number of hydrogen-bond acceptors (Lipinski definition) is 7. The van der Waals surface area contributed by atoms with E-state index in [1.807, 2.05) is 7.05 Å². The van der Waals surface area contributed by atoms with Crippen LogP contribution < -0.4 is 5.32 Å². The first kappa shape index (κ1) is 12.0. The average Bonchev–Trinajstić information content (AvgIpc) is 2.97. The van der Waals surface area contributed by atoms with Gasteiger partial charge in [0, 0.05) is 6.04 Å². The van der Waals surface area contributed by atoms with Crippen LogP contribution in [0.2, 0.25) is 0 Å². The van der Waals surface area contributed by atoms with E-state index in [1.54, 1.807) is 6.92 Å². The smallest absolute Gasteiger partial charge is 0.379 e. The molecule has 0 saturated carbocycles. The molecule has 2 heterocycles. The number of nitrogens with one attached hydrogen (secondary N) is 1. The Morgan fingerprint density at radius 3 is 3.12 bits per heavy atom. The van der Waals surface area contributed by atoms with E-state index in [0.717, 1.165) is 0 Å². The second kappa shape index (κ2) is 5.24. The molecule has 1 aromatic rings. The summed E-state index contributed by atoms with van der Waals surface area (Å²) in [4.78, 5) is 15.4. The number of esters is 1. The zero-order chi connectivity index (χ0) is 12.3. The molecule has 1 saturated heterocycles. The molecular weight excluding hydrogens is 226 g/mol. The molecule has 1 aliphatic rings. The van der Waals surface area contributed by atoms with Gasteiger partial charge in [0.25, 0.3) is 5.82 Å². The minimum absolute atomic E-state index is 0.0179. The van der Waals surface area contributed by atoms with Crippen molar-refractivity contribution in [1.29, 1.82) is 0 Å². The maximum Gasteiger partial charge on any atom is 0.379 e. The number of likely N-dealkylation sites (N-methyl/N-ethyl adjacent to an activating group) is 1. The van der Waals surface area contributed by atoms with Gasteiger partial charge >= 0.3 is 5.97 Å². The first-order valence-corrected chi connectivity index (χ1v) is 5.52. The molecule has 7 heteroatoms. The highest BCUT2D eigenvalue weighted by molar-refractivity contribution is 5.84. The monoisotopic (exact) mass is 241 g/mol. The SMILES string of the molecule is CCOC(=O)c1noc(C2COCC2NC)n1. The van der Waals surface area contributed by atoms with Gasteiger partial charge in [-0.05, 0) is 19.1 Å². The lowest BCUT2D eigenvalue weighted by Gasteiger charge is -2.11. The third-order valence-corrected chi connectivity index (χ3v) is 2.67. The molecule has 2 unspecified atom stereocenters. The van der Waals surface area contributed by atoms with Crippen molar-refractivity contribution in [2.75, 3.05) is 26.9 Å². The first-order chi connectivity index (χ1) is 8.26. The van der Waals surface area contributed by atoms with Crippen molar-refractivity contribution >= 4 is 5.97 Å². The molecule has 1 aromatic heterocycles. The van der Waals surface area contributed by atoms with Crippen molar-refractivity contribution in [1.82, 2.24) is 15.5 Å². The topological polar surface area (TPSA) is 86.5 Å². The summed E-state index contributed by atoms with van der Waals surface area (Å²) in [6, 6.07) is 0.130. The van der Waals surface area contributed by atoms with Crippen molar-refractivity contribution < 1.29 is 18.8 Å². The van der Waals surface area contributed by atoms with Crippen LogP contribution in [0.15, 0.2) is 4.52 Å². The van der Waals surface area contributed by atoms with Gasteiger partial charge in [-0.1, -0.05) is 0 Å². The molecule has 0 bridgehead atoms. The second-order valence-corrected chi connectivity index (χ2v) is 3.72. The number of carbonyl (C=O) groups is 1. The summed E-state index contributed by atoms with van der Waals surface area (Å²) in [5.41, 5.74) is 0. The average molecular weight is 241 g/mol. The van der Waals surface area contributed by atoms with Gasteiger partial charge in [-0.25, -0.2) is 4.79 Å². The lowest BCUT2D eigenvalue weighted by Crippen LogP contribution is -2.31. The number of ether oxygens (including phenoxy) is 2. The quantitative estimate of drug-likeness (QED) is 0.739. The van der Waals surface area contributed by atoms with Crippen molar-refractivity contribution in [3.63, 3.8) is 0 Å². The Morgan fingerprint density at radius 2 is 2.41 bits per heavy atom. The largest absolute Gasteiger partial charge is 0.460 e. The van der Waals surface area contributed by atoms with Crippen LogP contribution in [0.25, 0.3) is 0 Å². The third kappa shape index (κ3) is 2.45. The summed E-state index contributed by atoms with van der Waals surface area (Å²) in [6.45, 7) is 3.11. The molecule has 1 fully saturated rings. The van der Waals surface area contributed by atoms with E-state index in [0.29, 0.717) is 19.1 Å². The van der Waals surface area contributed by atoms with Gasteiger partial charge in [-0.3, -0.25) is 0 Å². The van der Waals surface area contributed by atoms with E-state index in [4.69, 9.17) is 14.0 Å². The van der Waals surface area contributed by atoms with Crippen molar-refractivity contribution in [2.24, 2.45) is 0 Å². The van der Waals surface area contributed by atoms with Crippen molar-refractivity contribution in [2.45, 2.75) is 18.9 Å². The normalized spacial score (nSPS) is 23.9. The van der Waals surface area contributed by atoms with E-state index in [9.17, 15) is 4.79 Å². The molecule has 0 spiro atoms. The molecule has 7 nitrogen and oxygen atoms in total. The summed E-state index contributed by atoms with van der Waals surface area (Å²) in [5.74, 6) is -0.216. The number of hydrogen-bond donors (Lipinski definition) is 1. The summed E-state index contributed by atoms with van der Waals surface area (Å²) in [5, 5.41) is 6.71. The summed E-state index contributed by atoms with van der Waals surface area (Å²) >= 11 is 0. The standard InChI is InChI=1S/C10H15N3O4/c1-3-16-10(14)8-12-9(17-13-8)6-4-15-5-7(6)11-2/h6-7,11H,3-5H2,1-2H3. The Bertz CT molecular complexity index is 393. The van der Waals surface area contributed by atoms with E-state index in [-0.39, 0.29) is 24.4 Å². The maximum absolute atomic E-state index is 11.4. The van der Waals surface area contributed by atoms with Crippen LogP contribution in [0, 0.1) is 0 Å². The Labute approximate surface area is 98.5 Å². The lowest BCUT2D eigenvalue weighted by atomic mass is 10.0. The Kier molecular flexibility index (Phi) is 3.70. The molecular formula is C10H15N3O4. The fourth-order valence-electron chi connectivity index (χ4n) is 1.75. The highest BCUT2D eigenvalue weighted by Crippen LogP contribution is 2.24. The van der Waals surface area contributed by atoms with E-state index in [2.05, 4.69) is 15.5 Å². The Hall–Kier alpha value is -1.47. The molecule has 94 valence electrons. The number of rotatable bonds is 4. The van der Waals surface area contributed by atoms with Crippen molar-refractivity contribution in [3.05, 3.63) is 11.7 Å². The molecule has 0 aromatic carbocycles. The van der Waals surface area contributed by atoms with Crippen LogP contribution in [0.5, 0.6) is 0 Å². The molecule has 0 aliphatic carbocycles. The molecule has 2 atom stereocenters. The Morgan fingerprint density at radius 1 is 1.59 bits per heavy atom. The molecule has 1 N–H and O–H groups in total. The third-order valence-electron chi connectivity index (χ3n) is 2.67. The number of carbonyl (C=O) groups excluding carboxylic acids is 1. The van der Waals surface area contributed by atoms with Crippen LogP contribution in [0.4, 0.5) is 0 Å². The van der Waals surface area contributed by atoms with Gasteiger partial charge in [0.1, 0.15) is 0 Å². The van der Waals surface area contributed by atoms with Crippen LogP contribution >= 0.6 is 0 Å². The summed E-state index contributed by atoms with van der Waals surface area (Å²) in [7, 11) is 1.84. The van der Waals surface area contributed by atoms with Gasteiger partial charge in [-0.2, -0.15) is 4.98 Å². The van der Waals surface area contributed by atoms with Gasteiger partial charge in [-0.15, -0.1) is 0 Å². The molecule has 17 heavy (non-hydrogen) atoms. The van der Waals surface area contributed by atoms with Gasteiger partial charge in [0.15, 0.2) is 0 Å². The van der Waals surface area contributed by atoms with Crippen LogP contribution in [-0.4, -0.2) is 49.0 Å². The van der Waals surface area contributed by atoms with Crippen LogP contribution in [-0.2, 0) is 9.47 Å². The van der Waals surface area contributed by atoms with Crippen molar-refractivity contribution in [3.8, 4) is 0 Å². The maximum atomic E-state index is 11.4. The molecule has 0 radical (unpaired) electrons. The molecule has 2 rings (SSSR count). The van der Waals surface area contributed by atoms with Crippen LogP contribution in [0.3, 0.4) is 0 Å². The van der Waals surface area contributed by atoms with Gasteiger partial charge < -0.3 is 19.3 Å². The number of aromatic nitrogens is 2. The fourth-order valence-corrected chi connectivity index (χ4v) is 1.75. The summed E-state index contributed by atoms with van der Waals surface area (Å²) in [6.07, 6.45) is 0. The highest BCUT2D eigenvalue weighted by Gasteiger charge is 2.33. The minimum atomic E-state index is -0.567. The number of nitrogens with zero attached hydrogens (tertiary/aromatic N) is 2. The van der Waals surface area contributed by atoms with E-state index in [1.165, 1.54) is 0 Å².